The topological polar surface area (TPSA) is 64.1 Å². The molecule has 0 spiro atoms. The Morgan fingerprint density at radius 2 is 2.18 bits per heavy atom. The Morgan fingerprint density at radius 1 is 1.41 bits per heavy atom. The zero-order valence-electron chi connectivity index (χ0n) is 13.3. The van der Waals surface area contributed by atoms with E-state index in [0.717, 1.165) is 28.7 Å². The zero-order chi connectivity index (χ0) is 15.8. The summed E-state index contributed by atoms with van der Waals surface area (Å²) in [4.78, 5) is 11.8. The molecular formula is C15H25N3O2S2. The highest BCUT2D eigenvalue weighted by atomic mass is 32.2. The van der Waals surface area contributed by atoms with Gasteiger partial charge in [0, 0.05) is 6.04 Å². The van der Waals surface area contributed by atoms with E-state index in [4.69, 9.17) is 4.74 Å². The van der Waals surface area contributed by atoms with Gasteiger partial charge in [0.15, 0.2) is 4.34 Å². The molecule has 1 aromatic heterocycles. The van der Waals surface area contributed by atoms with Crippen LogP contribution >= 0.6 is 23.1 Å². The molecule has 5 nitrogen and oxygen atoms in total. The summed E-state index contributed by atoms with van der Waals surface area (Å²) in [7, 11) is 1.44. The van der Waals surface area contributed by atoms with Crippen molar-refractivity contribution in [2.45, 2.75) is 73.9 Å². The van der Waals surface area contributed by atoms with Crippen molar-refractivity contribution in [2.24, 2.45) is 0 Å². The van der Waals surface area contributed by atoms with E-state index in [2.05, 4.69) is 22.4 Å². The molecule has 1 aliphatic carbocycles. The number of esters is 1. The first-order valence-electron chi connectivity index (χ1n) is 8.07. The predicted molar refractivity (Wildman–Crippen MR) is 91.6 cm³/mol. The quantitative estimate of drug-likeness (QED) is 0.566. The van der Waals surface area contributed by atoms with Gasteiger partial charge in [-0.25, -0.2) is 0 Å². The number of nitrogens with zero attached hydrogens (tertiary/aromatic N) is 2. The van der Waals surface area contributed by atoms with Crippen LogP contribution in [0, 0.1) is 0 Å². The van der Waals surface area contributed by atoms with Crippen LogP contribution in [-0.4, -0.2) is 34.6 Å². The zero-order valence-corrected chi connectivity index (χ0v) is 15.0. The average molecular weight is 344 g/mol. The molecule has 2 rings (SSSR count). The summed E-state index contributed by atoms with van der Waals surface area (Å²) in [5.41, 5.74) is 0. The third-order valence-corrected chi connectivity index (χ3v) is 6.05. The van der Waals surface area contributed by atoms with Gasteiger partial charge >= 0.3 is 5.97 Å². The second-order valence-corrected chi connectivity index (χ2v) is 8.05. The lowest BCUT2D eigenvalue weighted by atomic mass is 9.96. The van der Waals surface area contributed by atoms with Crippen LogP contribution in [-0.2, 0) is 9.53 Å². The summed E-state index contributed by atoms with van der Waals surface area (Å²) < 4.78 is 5.73. The van der Waals surface area contributed by atoms with Gasteiger partial charge in [-0.05, 0) is 19.3 Å². The first kappa shape index (κ1) is 17.5. The number of hydrogen-bond acceptors (Lipinski definition) is 7. The molecule has 1 aliphatic rings. The van der Waals surface area contributed by atoms with E-state index in [1.165, 1.54) is 62.3 Å². The Labute approximate surface area is 140 Å². The SMILES string of the molecule is CCCCC(Sc1nnc(NC2CCCCC2)s1)C(=O)OC. The van der Waals surface area contributed by atoms with Gasteiger partial charge in [-0.1, -0.05) is 62.1 Å². The van der Waals surface area contributed by atoms with Crippen molar-refractivity contribution < 1.29 is 9.53 Å². The fourth-order valence-corrected chi connectivity index (χ4v) is 4.75. The van der Waals surface area contributed by atoms with Gasteiger partial charge in [-0.15, -0.1) is 10.2 Å². The van der Waals surface area contributed by atoms with E-state index in [-0.39, 0.29) is 11.2 Å². The number of unbranched alkanes of at least 4 members (excludes halogenated alkanes) is 1. The molecule has 0 saturated heterocycles. The van der Waals surface area contributed by atoms with Crippen LogP contribution in [0.2, 0.25) is 0 Å². The number of carbonyl (C=O) groups is 1. The number of aromatic nitrogens is 2. The number of nitrogens with one attached hydrogen (secondary N) is 1. The van der Waals surface area contributed by atoms with Crippen LogP contribution < -0.4 is 5.32 Å². The Bertz CT molecular complexity index is 461. The van der Waals surface area contributed by atoms with Crippen LogP contribution in [0.4, 0.5) is 5.13 Å². The minimum atomic E-state index is -0.180. The van der Waals surface area contributed by atoms with E-state index in [0.29, 0.717) is 6.04 Å². The van der Waals surface area contributed by atoms with Crippen molar-refractivity contribution in [1.82, 2.24) is 10.2 Å². The Kier molecular flexibility index (Phi) is 7.45. The van der Waals surface area contributed by atoms with Crippen molar-refractivity contribution in [3.8, 4) is 0 Å². The van der Waals surface area contributed by atoms with E-state index < -0.39 is 0 Å². The number of methoxy groups -OCH3 is 1. The lowest BCUT2D eigenvalue weighted by Gasteiger charge is -2.21. The van der Waals surface area contributed by atoms with Gasteiger partial charge in [0.2, 0.25) is 5.13 Å². The van der Waals surface area contributed by atoms with E-state index in [9.17, 15) is 4.79 Å². The summed E-state index contributed by atoms with van der Waals surface area (Å²) in [5, 5.41) is 12.6. The van der Waals surface area contributed by atoms with Gasteiger partial charge < -0.3 is 10.1 Å². The number of anilines is 1. The molecule has 0 aliphatic heterocycles. The summed E-state index contributed by atoms with van der Waals surface area (Å²) in [6.45, 7) is 2.12. The van der Waals surface area contributed by atoms with E-state index in [1.807, 2.05) is 0 Å². The van der Waals surface area contributed by atoms with Gasteiger partial charge in [0.1, 0.15) is 5.25 Å². The Balaban J connectivity index is 1.89. The van der Waals surface area contributed by atoms with Crippen molar-refractivity contribution in [3.05, 3.63) is 0 Å². The highest BCUT2D eigenvalue weighted by Crippen LogP contribution is 2.32. The molecule has 1 unspecified atom stereocenters. The molecule has 1 saturated carbocycles. The molecule has 0 amide bonds. The summed E-state index contributed by atoms with van der Waals surface area (Å²) in [6.07, 6.45) is 9.25. The molecule has 1 fully saturated rings. The number of hydrogen-bond donors (Lipinski definition) is 1. The van der Waals surface area contributed by atoms with Gasteiger partial charge in [0.05, 0.1) is 7.11 Å². The first-order valence-corrected chi connectivity index (χ1v) is 9.77. The number of ether oxygens (including phenoxy) is 1. The minimum Gasteiger partial charge on any atom is -0.468 e. The van der Waals surface area contributed by atoms with Crippen LogP contribution in [0.5, 0.6) is 0 Å². The second-order valence-electron chi connectivity index (χ2n) is 5.62. The molecule has 1 N–H and O–H groups in total. The average Bonchev–Trinajstić information content (AvgIpc) is 2.98. The van der Waals surface area contributed by atoms with Crippen LogP contribution in [0.1, 0.15) is 58.3 Å². The number of thioether (sulfide) groups is 1. The van der Waals surface area contributed by atoms with E-state index in [1.54, 1.807) is 0 Å². The Morgan fingerprint density at radius 3 is 2.86 bits per heavy atom. The van der Waals surface area contributed by atoms with Crippen LogP contribution in [0.15, 0.2) is 4.34 Å². The summed E-state index contributed by atoms with van der Waals surface area (Å²) in [6, 6.07) is 0.524. The third kappa shape index (κ3) is 5.43. The maximum absolute atomic E-state index is 11.8. The third-order valence-electron chi connectivity index (χ3n) is 3.87. The lowest BCUT2D eigenvalue weighted by Crippen LogP contribution is -2.21. The molecule has 0 radical (unpaired) electrons. The predicted octanol–water partition coefficient (Wildman–Crippen LogP) is 4.11. The second kappa shape index (κ2) is 9.35. The standard InChI is InChI=1S/C15H25N3O2S2/c1-3-4-10-12(13(19)20-2)21-15-18-17-14(22-15)16-11-8-6-5-7-9-11/h11-12H,3-10H2,1-2H3,(H,16,17). The maximum atomic E-state index is 11.8. The normalized spacial score (nSPS) is 17.2. The lowest BCUT2D eigenvalue weighted by molar-refractivity contribution is -0.140. The monoisotopic (exact) mass is 343 g/mol. The van der Waals surface area contributed by atoms with Crippen LogP contribution in [0.25, 0.3) is 0 Å². The minimum absolute atomic E-state index is 0.171. The highest BCUT2D eigenvalue weighted by Gasteiger charge is 2.22. The molecule has 0 bridgehead atoms. The van der Waals surface area contributed by atoms with Crippen molar-refractivity contribution in [2.75, 3.05) is 12.4 Å². The summed E-state index contributed by atoms with van der Waals surface area (Å²) >= 11 is 3.01. The van der Waals surface area contributed by atoms with E-state index >= 15 is 0 Å². The molecule has 22 heavy (non-hydrogen) atoms. The summed E-state index contributed by atoms with van der Waals surface area (Å²) in [5.74, 6) is -0.171. The molecular weight excluding hydrogens is 318 g/mol. The fraction of sp³-hybridized carbons (Fsp3) is 0.800. The van der Waals surface area contributed by atoms with Gasteiger partial charge in [-0.3, -0.25) is 4.79 Å². The molecule has 1 aromatic rings. The highest BCUT2D eigenvalue weighted by molar-refractivity contribution is 8.02. The van der Waals surface area contributed by atoms with Crippen molar-refractivity contribution in [3.63, 3.8) is 0 Å². The molecule has 0 aromatic carbocycles. The molecule has 1 heterocycles. The Hall–Kier alpha value is -0.820. The van der Waals surface area contributed by atoms with Gasteiger partial charge in [0.25, 0.3) is 0 Å². The molecule has 1 atom stereocenters. The first-order chi connectivity index (χ1) is 10.7. The molecule has 7 heteroatoms. The fourth-order valence-electron chi connectivity index (χ4n) is 2.60. The maximum Gasteiger partial charge on any atom is 0.319 e. The smallest absolute Gasteiger partial charge is 0.319 e. The van der Waals surface area contributed by atoms with Crippen LogP contribution in [0.3, 0.4) is 0 Å². The molecule has 124 valence electrons. The van der Waals surface area contributed by atoms with Gasteiger partial charge in [-0.2, -0.15) is 0 Å². The van der Waals surface area contributed by atoms with Crippen molar-refractivity contribution in [1.29, 1.82) is 0 Å². The van der Waals surface area contributed by atoms with Crippen molar-refractivity contribution >= 4 is 34.2 Å². The number of rotatable bonds is 8. The largest absolute Gasteiger partial charge is 0.468 e. The number of carbonyl (C=O) groups excluding carboxylic acids is 1.